The van der Waals surface area contributed by atoms with Gasteiger partial charge in [0, 0.05) is 76.2 Å². The molecule has 2 aromatic carbocycles. The fourth-order valence-corrected chi connectivity index (χ4v) is 10.0. The zero-order valence-electron chi connectivity index (χ0n) is 28.7. The molecule has 2 bridgehead atoms. The Kier molecular flexibility index (Phi) is 11.7. The molecule has 1 amide bonds. The Hall–Kier alpha value is -3.22. The monoisotopic (exact) mass is 742 g/mol. The van der Waals surface area contributed by atoms with E-state index in [1.807, 2.05) is 11.0 Å². The number of esters is 2. The van der Waals surface area contributed by atoms with Gasteiger partial charge in [0.05, 0.1) is 54.3 Å². The van der Waals surface area contributed by atoms with Gasteiger partial charge < -0.3 is 19.7 Å². The molecule has 4 aliphatic rings. The first-order valence-corrected chi connectivity index (χ1v) is 19.3. The fraction of sp³-hybridized carbons (Fsp3) is 0.486. The number of methoxy groups -OCH3 is 2. The van der Waals surface area contributed by atoms with Crippen molar-refractivity contribution in [2.45, 2.75) is 68.0 Å². The molecule has 0 aliphatic carbocycles. The van der Waals surface area contributed by atoms with E-state index in [-0.39, 0.29) is 56.2 Å². The number of carbonyl (C=O) groups excluding carboxylic acids is 3. The molecule has 3 fully saturated rings. The molecule has 4 aliphatic heterocycles. The second-order valence-corrected chi connectivity index (χ2v) is 15.5. The minimum atomic E-state index is -1.61. The molecule has 268 valence electrons. The van der Waals surface area contributed by atoms with Crippen LogP contribution in [0.5, 0.6) is 0 Å². The summed E-state index contributed by atoms with van der Waals surface area (Å²) in [5.74, 6) is -2.99. The maximum absolute atomic E-state index is 14.1. The summed E-state index contributed by atoms with van der Waals surface area (Å²) in [7, 11) is 0.856. The molecule has 0 saturated carbocycles. The number of halogens is 2. The predicted octanol–water partition coefficient (Wildman–Crippen LogP) is 4.89. The van der Waals surface area contributed by atoms with Gasteiger partial charge in [-0.05, 0) is 56.5 Å². The Bertz CT molecular complexity index is 1680. The number of piperidine rings is 1. The predicted molar refractivity (Wildman–Crippen MR) is 193 cm³/mol. The van der Waals surface area contributed by atoms with E-state index >= 15 is 0 Å². The van der Waals surface area contributed by atoms with Gasteiger partial charge in [0.25, 0.3) is 0 Å². The molecular weight excluding hydrogens is 699 g/mol. The zero-order chi connectivity index (χ0) is 35.5. The van der Waals surface area contributed by atoms with Crippen molar-refractivity contribution in [2.75, 3.05) is 52.7 Å². The topological polar surface area (TPSA) is 108 Å². The van der Waals surface area contributed by atoms with Gasteiger partial charge in [0.15, 0.2) is 0 Å². The van der Waals surface area contributed by atoms with E-state index in [1.54, 1.807) is 42.5 Å². The number of rotatable bonds is 10. The summed E-state index contributed by atoms with van der Waals surface area (Å²) in [5.41, 5.74) is 0.792. The van der Waals surface area contributed by atoms with Crippen molar-refractivity contribution in [1.29, 1.82) is 0 Å². The molecule has 6 rings (SSSR count). The highest BCUT2D eigenvalue weighted by atomic mass is 35.5. The lowest BCUT2D eigenvalue weighted by molar-refractivity contribution is -0.137. The Morgan fingerprint density at radius 3 is 1.96 bits per heavy atom. The van der Waals surface area contributed by atoms with E-state index in [0.717, 1.165) is 19.6 Å². The van der Waals surface area contributed by atoms with Crippen molar-refractivity contribution in [2.24, 2.45) is 0 Å². The van der Waals surface area contributed by atoms with E-state index in [2.05, 4.69) is 22.0 Å². The van der Waals surface area contributed by atoms with Crippen molar-refractivity contribution in [3.8, 4) is 0 Å². The number of ether oxygens (including phenoxy) is 2. The summed E-state index contributed by atoms with van der Waals surface area (Å²) >= 11 is 13.5. The lowest BCUT2D eigenvalue weighted by atomic mass is 9.79. The largest absolute Gasteiger partial charge is 0.466 e. The highest BCUT2D eigenvalue weighted by molar-refractivity contribution is 7.85. The number of carbonyl (C=O) groups is 3. The molecular formula is C37H44Cl2N4O6S. The quantitative estimate of drug-likeness (QED) is 0.341. The molecule has 0 radical (unpaired) electrons. The van der Waals surface area contributed by atoms with Gasteiger partial charge in [-0.3, -0.25) is 18.8 Å². The smallest absolute Gasteiger partial charge is 0.336 e. The van der Waals surface area contributed by atoms with Crippen molar-refractivity contribution in [3.63, 3.8) is 0 Å². The number of dihydropyridines is 1. The van der Waals surface area contributed by atoms with Crippen LogP contribution in [-0.2, 0) is 34.7 Å². The summed E-state index contributed by atoms with van der Waals surface area (Å²) in [5, 5.41) is 3.60. The van der Waals surface area contributed by atoms with Crippen LogP contribution in [0.2, 0.25) is 10.0 Å². The second kappa shape index (κ2) is 16.0. The van der Waals surface area contributed by atoms with Gasteiger partial charge in [-0.1, -0.05) is 54.4 Å². The lowest BCUT2D eigenvalue weighted by Crippen LogP contribution is -2.56. The number of fused-ring (bicyclic) bond motifs is 2. The first-order valence-electron chi connectivity index (χ1n) is 17.2. The SMILES string of the molecule is CCN1C2CCC1CC(N1CCN(C(=O)CC3=C(C(=O)OC)C(c4c(Cl)cccc4Cl)C(C(=O)OC)=C(CS(=O)c4ccccc4)N3)CC1)C2. The van der Waals surface area contributed by atoms with Gasteiger partial charge >= 0.3 is 11.9 Å². The Morgan fingerprint density at radius 1 is 0.820 bits per heavy atom. The average molecular weight is 744 g/mol. The van der Waals surface area contributed by atoms with Gasteiger partial charge in [-0.2, -0.15) is 0 Å². The molecule has 4 heterocycles. The van der Waals surface area contributed by atoms with Crippen LogP contribution in [0.3, 0.4) is 0 Å². The lowest BCUT2D eigenvalue weighted by Gasteiger charge is -2.45. The number of nitrogens with zero attached hydrogens (tertiary/aromatic N) is 3. The van der Waals surface area contributed by atoms with Gasteiger partial charge in [-0.15, -0.1) is 0 Å². The van der Waals surface area contributed by atoms with Crippen molar-refractivity contribution in [1.82, 2.24) is 20.0 Å². The summed E-state index contributed by atoms with van der Waals surface area (Å²) in [6.07, 6.45) is 4.70. The molecule has 2 aromatic rings. The highest BCUT2D eigenvalue weighted by Crippen LogP contribution is 2.46. The average Bonchev–Trinajstić information content (AvgIpc) is 3.38. The molecule has 10 nitrogen and oxygen atoms in total. The fourth-order valence-electron chi connectivity index (χ4n) is 8.29. The number of amides is 1. The third-order valence-electron chi connectivity index (χ3n) is 10.6. The van der Waals surface area contributed by atoms with Crippen LogP contribution < -0.4 is 5.32 Å². The second-order valence-electron chi connectivity index (χ2n) is 13.2. The molecule has 0 aromatic heterocycles. The third-order valence-corrected chi connectivity index (χ3v) is 12.7. The number of benzene rings is 2. The molecule has 4 atom stereocenters. The number of hydrogen-bond donors (Lipinski definition) is 1. The van der Waals surface area contributed by atoms with E-state index in [1.165, 1.54) is 39.9 Å². The van der Waals surface area contributed by atoms with Crippen molar-refractivity contribution < 1.29 is 28.1 Å². The summed E-state index contributed by atoms with van der Waals surface area (Å²) < 4.78 is 24.2. The van der Waals surface area contributed by atoms with E-state index < -0.39 is 28.7 Å². The van der Waals surface area contributed by atoms with Crippen LogP contribution in [0.15, 0.2) is 76.0 Å². The Labute approximate surface area is 306 Å². The standard InChI is InChI=1S/C37H44Cl2N4O6S/c1-4-43-23-13-14-24(43)20-25(19-23)41-15-17-42(18-16-41)31(44)21-29-33(36(45)48-2)35(32-27(38)11-8-12-28(32)39)34(37(46)49-3)30(40-29)22-50(47)26-9-6-5-7-10-26/h5-12,23-25,35,40H,4,13-22H2,1-3H3. The maximum atomic E-state index is 14.1. The minimum Gasteiger partial charge on any atom is -0.466 e. The summed E-state index contributed by atoms with van der Waals surface area (Å²) in [6.45, 7) is 6.05. The van der Waals surface area contributed by atoms with Crippen LogP contribution >= 0.6 is 23.2 Å². The number of nitrogens with one attached hydrogen (secondary N) is 1. The van der Waals surface area contributed by atoms with E-state index in [4.69, 9.17) is 32.7 Å². The number of hydrogen-bond acceptors (Lipinski definition) is 9. The van der Waals surface area contributed by atoms with Gasteiger partial charge in [0.2, 0.25) is 5.91 Å². The normalized spacial score (nSPS) is 24.9. The van der Waals surface area contributed by atoms with Gasteiger partial charge in [0.1, 0.15) is 0 Å². The van der Waals surface area contributed by atoms with Gasteiger partial charge in [-0.25, -0.2) is 9.59 Å². The molecule has 50 heavy (non-hydrogen) atoms. The Morgan fingerprint density at radius 2 is 1.40 bits per heavy atom. The molecule has 13 heteroatoms. The first-order chi connectivity index (χ1) is 24.1. The number of piperazine rings is 1. The van der Waals surface area contributed by atoms with Crippen LogP contribution in [-0.4, -0.2) is 108 Å². The third kappa shape index (κ3) is 7.39. The molecule has 1 N–H and O–H groups in total. The molecule has 3 saturated heterocycles. The van der Waals surface area contributed by atoms with Crippen molar-refractivity contribution >= 4 is 51.8 Å². The first kappa shape index (κ1) is 36.6. The van der Waals surface area contributed by atoms with Crippen LogP contribution in [0.25, 0.3) is 0 Å². The van der Waals surface area contributed by atoms with Crippen LogP contribution in [0, 0.1) is 0 Å². The van der Waals surface area contributed by atoms with E-state index in [0.29, 0.717) is 36.1 Å². The van der Waals surface area contributed by atoms with Crippen LogP contribution in [0.1, 0.15) is 50.5 Å². The molecule has 4 unspecified atom stereocenters. The van der Waals surface area contributed by atoms with E-state index in [9.17, 15) is 18.6 Å². The Balaban J connectivity index is 1.31. The minimum absolute atomic E-state index is 0.0140. The zero-order valence-corrected chi connectivity index (χ0v) is 31.0. The summed E-state index contributed by atoms with van der Waals surface area (Å²) in [6, 6.07) is 15.5. The molecule has 0 spiro atoms. The highest BCUT2D eigenvalue weighted by Gasteiger charge is 2.44. The van der Waals surface area contributed by atoms with Crippen LogP contribution in [0.4, 0.5) is 0 Å². The van der Waals surface area contributed by atoms with Crippen molar-refractivity contribution in [3.05, 3.63) is 86.7 Å². The summed E-state index contributed by atoms with van der Waals surface area (Å²) in [4.78, 5) is 48.9. The maximum Gasteiger partial charge on any atom is 0.336 e.